The van der Waals surface area contributed by atoms with Gasteiger partial charge in [0.2, 0.25) is 0 Å². The number of carbonyl (C=O) groups is 1. The van der Waals surface area contributed by atoms with Gasteiger partial charge in [0.05, 0.1) is 11.5 Å². The van der Waals surface area contributed by atoms with Crippen molar-refractivity contribution in [2.45, 2.75) is 30.8 Å². The highest BCUT2D eigenvalue weighted by atomic mass is 79.9. The molecule has 2 atom stereocenters. The van der Waals surface area contributed by atoms with Crippen LogP contribution in [0, 0.1) is 6.92 Å². The lowest BCUT2D eigenvalue weighted by Gasteiger charge is -2.27. The molecule has 1 aliphatic rings. The maximum absolute atomic E-state index is 13.4. The molecule has 0 bridgehead atoms. The SMILES string of the molecule is CCOC(=O)[C@H]1NC(=S)N(S(=O)(=O)c2ccc(C)cc2)[C@@H]1c1ccc(Br)cc1. The molecule has 0 spiro atoms. The molecule has 1 heterocycles. The minimum atomic E-state index is -3.98. The van der Waals surface area contributed by atoms with Crippen LogP contribution in [0.1, 0.15) is 24.1 Å². The number of nitrogens with zero attached hydrogens (tertiary/aromatic N) is 1. The van der Waals surface area contributed by atoms with Crippen molar-refractivity contribution in [3.05, 3.63) is 64.1 Å². The van der Waals surface area contributed by atoms with Crippen LogP contribution in [0.25, 0.3) is 0 Å². The van der Waals surface area contributed by atoms with Crippen molar-refractivity contribution < 1.29 is 17.9 Å². The van der Waals surface area contributed by atoms with Crippen LogP contribution in [-0.2, 0) is 19.6 Å². The average Bonchev–Trinajstić information content (AvgIpc) is 3.01. The maximum atomic E-state index is 13.4. The molecule has 0 saturated carbocycles. The maximum Gasteiger partial charge on any atom is 0.331 e. The Bertz CT molecular complexity index is 992. The van der Waals surface area contributed by atoms with Crippen molar-refractivity contribution in [2.24, 2.45) is 0 Å². The zero-order valence-corrected chi connectivity index (χ0v) is 18.5. The van der Waals surface area contributed by atoms with E-state index in [0.717, 1.165) is 14.3 Å². The molecule has 28 heavy (non-hydrogen) atoms. The lowest BCUT2D eigenvalue weighted by molar-refractivity contribution is -0.145. The molecular formula is C19H19BrN2O4S2. The highest BCUT2D eigenvalue weighted by Crippen LogP contribution is 2.36. The van der Waals surface area contributed by atoms with Crippen LogP contribution in [0.5, 0.6) is 0 Å². The summed E-state index contributed by atoms with van der Waals surface area (Å²) in [7, 11) is -3.98. The topological polar surface area (TPSA) is 75.7 Å². The van der Waals surface area contributed by atoms with Crippen LogP contribution in [-0.4, -0.2) is 36.5 Å². The first-order chi connectivity index (χ1) is 13.3. The van der Waals surface area contributed by atoms with Crippen LogP contribution >= 0.6 is 28.1 Å². The highest BCUT2D eigenvalue weighted by Gasteiger charge is 2.48. The van der Waals surface area contributed by atoms with Crippen molar-refractivity contribution in [1.29, 1.82) is 0 Å². The van der Waals surface area contributed by atoms with Crippen molar-refractivity contribution in [3.63, 3.8) is 0 Å². The summed E-state index contributed by atoms with van der Waals surface area (Å²) >= 11 is 8.68. The first-order valence-corrected chi connectivity index (χ1v) is 11.2. The van der Waals surface area contributed by atoms with E-state index in [1.54, 1.807) is 43.3 Å². The lowest BCUT2D eigenvalue weighted by Crippen LogP contribution is -2.38. The van der Waals surface area contributed by atoms with E-state index in [4.69, 9.17) is 17.0 Å². The zero-order chi connectivity index (χ0) is 20.5. The number of esters is 1. The van der Waals surface area contributed by atoms with E-state index >= 15 is 0 Å². The monoisotopic (exact) mass is 482 g/mol. The molecule has 1 N–H and O–H groups in total. The molecule has 0 aliphatic carbocycles. The molecule has 0 unspecified atom stereocenters. The fourth-order valence-electron chi connectivity index (χ4n) is 3.03. The Labute approximate surface area is 178 Å². The average molecular weight is 483 g/mol. The smallest absolute Gasteiger partial charge is 0.331 e. The second-order valence-electron chi connectivity index (χ2n) is 6.29. The molecule has 3 rings (SSSR count). The minimum absolute atomic E-state index is 0.0356. The van der Waals surface area contributed by atoms with Crippen molar-refractivity contribution in [3.8, 4) is 0 Å². The van der Waals surface area contributed by atoms with Gasteiger partial charge in [0.1, 0.15) is 6.04 Å². The van der Waals surface area contributed by atoms with Gasteiger partial charge < -0.3 is 10.1 Å². The molecule has 1 aliphatic heterocycles. The van der Waals surface area contributed by atoms with Gasteiger partial charge in [0.15, 0.2) is 11.2 Å². The van der Waals surface area contributed by atoms with E-state index in [1.165, 1.54) is 12.1 Å². The van der Waals surface area contributed by atoms with Gasteiger partial charge in [0.25, 0.3) is 10.0 Å². The van der Waals surface area contributed by atoms with Crippen LogP contribution in [0.15, 0.2) is 57.9 Å². The summed E-state index contributed by atoms with van der Waals surface area (Å²) in [6, 6.07) is 11.8. The number of hydrogen-bond acceptors (Lipinski definition) is 5. The van der Waals surface area contributed by atoms with Gasteiger partial charge in [-0.05, 0) is 55.9 Å². The molecule has 9 heteroatoms. The van der Waals surface area contributed by atoms with Gasteiger partial charge in [-0.15, -0.1) is 0 Å². The first kappa shape index (κ1) is 20.8. The first-order valence-electron chi connectivity index (χ1n) is 8.59. The van der Waals surface area contributed by atoms with Gasteiger partial charge in [-0.2, -0.15) is 0 Å². The third-order valence-electron chi connectivity index (χ3n) is 4.38. The van der Waals surface area contributed by atoms with E-state index in [-0.39, 0.29) is 16.6 Å². The zero-order valence-electron chi connectivity index (χ0n) is 15.3. The van der Waals surface area contributed by atoms with E-state index in [9.17, 15) is 13.2 Å². The predicted octanol–water partition coefficient (Wildman–Crippen LogP) is 3.31. The number of halogens is 1. The van der Waals surface area contributed by atoms with E-state index in [1.807, 2.05) is 6.92 Å². The van der Waals surface area contributed by atoms with Crippen LogP contribution < -0.4 is 5.32 Å². The fourth-order valence-corrected chi connectivity index (χ4v) is 5.35. The van der Waals surface area contributed by atoms with Gasteiger partial charge in [0, 0.05) is 4.47 Å². The Kier molecular flexibility index (Phi) is 6.07. The molecule has 0 aromatic heterocycles. The Morgan fingerprint density at radius 3 is 2.36 bits per heavy atom. The quantitative estimate of drug-likeness (QED) is 0.520. The van der Waals surface area contributed by atoms with Crippen molar-refractivity contribution in [1.82, 2.24) is 9.62 Å². The Balaban J connectivity index is 2.11. The summed E-state index contributed by atoms with van der Waals surface area (Å²) in [4.78, 5) is 12.6. The summed E-state index contributed by atoms with van der Waals surface area (Å²) in [6.07, 6.45) is 0. The molecule has 2 aromatic carbocycles. The van der Waals surface area contributed by atoms with E-state index in [2.05, 4.69) is 21.2 Å². The summed E-state index contributed by atoms with van der Waals surface area (Å²) in [6.45, 7) is 3.75. The number of nitrogens with one attached hydrogen (secondary N) is 1. The number of carbonyl (C=O) groups excluding carboxylic acids is 1. The lowest BCUT2D eigenvalue weighted by atomic mass is 10.0. The Morgan fingerprint density at radius 2 is 1.79 bits per heavy atom. The summed E-state index contributed by atoms with van der Waals surface area (Å²) in [5.41, 5.74) is 1.57. The van der Waals surface area contributed by atoms with Crippen molar-refractivity contribution >= 4 is 49.3 Å². The molecular weight excluding hydrogens is 464 g/mol. The summed E-state index contributed by atoms with van der Waals surface area (Å²) < 4.78 is 33.8. The molecule has 0 amide bonds. The molecule has 2 aromatic rings. The second-order valence-corrected chi connectivity index (χ2v) is 9.41. The number of sulfonamides is 1. The summed E-state index contributed by atoms with van der Waals surface area (Å²) in [5, 5.41) is 2.80. The molecule has 6 nitrogen and oxygen atoms in total. The minimum Gasteiger partial charge on any atom is -0.464 e. The van der Waals surface area contributed by atoms with Crippen molar-refractivity contribution in [2.75, 3.05) is 6.61 Å². The molecule has 1 saturated heterocycles. The van der Waals surface area contributed by atoms with Crippen LogP contribution in [0.3, 0.4) is 0 Å². The van der Waals surface area contributed by atoms with E-state index in [0.29, 0.717) is 5.56 Å². The molecule has 148 valence electrons. The largest absolute Gasteiger partial charge is 0.464 e. The highest BCUT2D eigenvalue weighted by molar-refractivity contribution is 9.10. The standard InChI is InChI=1S/C19H19BrN2O4S2/c1-3-26-18(23)16-17(13-6-8-14(20)9-7-13)22(19(27)21-16)28(24,25)15-10-4-12(2)5-11-15/h4-11,16-17H,3H2,1-2H3,(H,21,27)/t16-,17+/m0/s1. The predicted molar refractivity (Wildman–Crippen MR) is 113 cm³/mol. The number of ether oxygens (including phenoxy) is 1. The molecule has 1 fully saturated rings. The number of hydrogen-bond donors (Lipinski definition) is 1. The van der Waals surface area contributed by atoms with E-state index < -0.39 is 28.1 Å². The summed E-state index contributed by atoms with van der Waals surface area (Å²) in [5.74, 6) is -0.556. The number of aryl methyl sites for hydroxylation is 1. The number of rotatable bonds is 5. The Morgan fingerprint density at radius 1 is 1.18 bits per heavy atom. The normalized spacial score (nSPS) is 19.4. The second kappa shape index (κ2) is 8.18. The third-order valence-corrected chi connectivity index (χ3v) is 7.13. The third kappa shape index (κ3) is 3.92. The fraction of sp³-hybridized carbons (Fsp3) is 0.263. The van der Waals surface area contributed by atoms with Gasteiger partial charge in [-0.25, -0.2) is 17.5 Å². The molecule has 0 radical (unpaired) electrons. The number of benzene rings is 2. The number of thiocarbonyl (C=S) groups is 1. The van der Waals surface area contributed by atoms with Gasteiger partial charge in [-0.3, -0.25) is 0 Å². The van der Waals surface area contributed by atoms with Crippen LogP contribution in [0.4, 0.5) is 0 Å². The Hall–Kier alpha value is -1.97. The van der Waals surface area contributed by atoms with Gasteiger partial charge >= 0.3 is 5.97 Å². The van der Waals surface area contributed by atoms with Gasteiger partial charge in [-0.1, -0.05) is 45.8 Å². The van der Waals surface area contributed by atoms with Crippen LogP contribution in [0.2, 0.25) is 0 Å².